The van der Waals surface area contributed by atoms with Gasteiger partial charge in [0, 0.05) is 12.6 Å². The summed E-state index contributed by atoms with van der Waals surface area (Å²) in [5.41, 5.74) is -0.0428. The second kappa shape index (κ2) is 10.5. The lowest BCUT2D eigenvalue weighted by atomic mass is 10.2. The lowest BCUT2D eigenvalue weighted by Crippen LogP contribution is -2.23. The minimum absolute atomic E-state index is 0.0428. The van der Waals surface area contributed by atoms with Gasteiger partial charge >= 0.3 is 0 Å². The van der Waals surface area contributed by atoms with Crippen molar-refractivity contribution in [1.82, 2.24) is 19.7 Å². The zero-order valence-electron chi connectivity index (χ0n) is 16.7. The van der Waals surface area contributed by atoms with Crippen molar-refractivity contribution in [1.29, 1.82) is 0 Å². The molecule has 0 saturated carbocycles. The van der Waals surface area contributed by atoms with Gasteiger partial charge in [0.15, 0.2) is 11.0 Å². The molecule has 1 aromatic carbocycles. The van der Waals surface area contributed by atoms with E-state index in [1.54, 1.807) is 0 Å². The Labute approximate surface area is 168 Å². The Bertz CT molecular complexity index is 797. The third-order valence-electron chi connectivity index (χ3n) is 4.33. The van der Waals surface area contributed by atoms with Gasteiger partial charge in [-0.25, -0.2) is 8.78 Å². The van der Waals surface area contributed by atoms with E-state index < -0.39 is 11.6 Å². The first-order valence-electron chi connectivity index (χ1n) is 9.34. The molecule has 154 valence electrons. The monoisotopic (exact) mass is 411 g/mol. The first-order valence-corrected chi connectivity index (χ1v) is 10.3. The van der Waals surface area contributed by atoms with Gasteiger partial charge in [0.25, 0.3) is 0 Å². The van der Waals surface area contributed by atoms with Gasteiger partial charge in [-0.3, -0.25) is 9.69 Å². The van der Waals surface area contributed by atoms with Crippen molar-refractivity contribution in [3.8, 4) is 0 Å². The summed E-state index contributed by atoms with van der Waals surface area (Å²) in [7, 11) is 4.01. The zero-order valence-corrected chi connectivity index (χ0v) is 17.5. The number of carbonyl (C=O) groups excluding carboxylic acids is 1. The zero-order chi connectivity index (χ0) is 20.7. The first-order chi connectivity index (χ1) is 13.4. The van der Waals surface area contributed by atoms with Crippen molar-refractivity contribution in [3.05, 3.63) is 35.7 Å². The van der Waals surface area contributed by atoms with Crippen LogP contribution in [0.25, 0.3) is 0 Å². The van der Waals surface area contributed by atoms with Crippen LogP contribution in [0.2, 0.25) is 0 Å². The van der Waals surface area contributed by atoms with E-state index in [2.05, 4.69) is 38.8 Å². The number of anilines is 1. The summed E-state index contributed by atoms with van der Waals surface area (Å²) in [6.07, 6.45) is 2.91. The van der Waals surface area contributed by atoms with Crippen LogP contribution in [0.1, 0.15) is 45.0 Å². The van der Waals surface area contributed by atoms with Crippen LogP contribution < -0.4 is 5.32 Å². The predicted octanol–water partition coefficient (Wildman–Crippen LogP) is 4.10. The fraction of sp³-hybridized carbons (Fsp3) is 0.526. The minimum atomic E-state index is -0.802. The number of nitrogens with zero attached hydrogens (tertiary/aromatic N) is 4. The Hall–Kier alpha value is -2.00. The van der Waals surface area contributed by atoms with E-state index >= 15 is 0 Å². The molecule has 6 nitrogen and oxygen atoms in total. The largest absolute Gasteiger partial charge is 0.323 e. The normalized spacial score (nSPS) is 12.4. The molecule has 28 heavy (non-hydrogen) atoms. The molecule has 0 bridgehead atoms. The van der Waals surface area contributed by atoms with E-state index in [1.807, 2.05) is 14.1 Å². The summed E-state index contributed by atoms with van der Waals surface area (Å²) in [4.78, 5) is 14.3. The van der Waals surface area contributed by atoms with Crippen molar-refractivity contribution in [2.75, 3.05) is 25.2 Å². The second-order valence-corrected chi connectivity index (χ2v) is 7.64. The number of carbonyl (C=O) groups is 1. The highest BCUT2D eigenvalue weighted by Gasteiger charge is 2.22. The topological polar surface area (TPSA) is 63.1 Å². The molecule has 2 aromatic rings. The maximum absolute atomic E-state index is 13.7. The Kier molecular flexibility index (Phi) is 8.37. The summed E-state index contributed by atoms with van der Waals surface area (Å²) in [5, 5.41) is 11.8. The highest BCUT2D eigenvalue weighted by atomic mass is 32.2. The van der Waals surface area contributed by atoms with Crippen molar-refractivity contribution in [2.24, 2.45) is 0 Å². The van der Waals surface area contributed by atoms with Gasteiger partial charge in [-0.2, -0.15) is 0 Å². The van der Waals surface area contributed by atoms with Crippen LogP contribution in [0, 0.1) is 11.6 Å². The molecule has 1 atom stereocenters. The lowest BCUT2D eigenvalue weighted by molar-refractivity contribution is -0.113. The Morgan fingerprint density at radius 3 is 2.64 bits per heavy atom. The SMILES string of the molecule is CCCCn1c(SCC(=O)Nc2ccc(F)cc2F)nnc1[C@H](CC)N(C)C. The maximum atomic E-state index is 13.7. The smallest absolute Gasteiger partial charge is 0.234 e. The van der Waals surface area contributed by atoms with Crippen LogP contribution in [0.15, 0.2) is 23.4 Å². The third-order valence-corrected chi connectivity index (χ3v) is 5.29. The van der Waals surface area contributed by atoms with E-state index in [4.69, 9.17) is 0 Å². The van der Waals surface area contributed by atoms with Crippen LogP contribution >= 0.6 is 11.8 Å². The summed E-state index contributed by atoms with van der Waals surface area (Å²) >= 11 is 1.26. The van der Waals surface area contributed by atoms with Crippen LogP contribution in [-0.2, 0) is 11.3 Å². The Balaban J connectivity index is 2.09. The third kappa shape index (κ3) is 5.75. The van der Waals surface area contributed by atoms with Crippen molar-refractivity contribution < 1.29 is 13.6 Å². The van der Waals surface area contributed by atoms with Crippen molar-refractivity contribution in [2.45, 2.75) is 50.9 Å². The quantitative estimate of drug-likeness (QED) is 0.597. The number of nitrogens with one attached hydrogen (secondary N) is 1. The molecule has 0 saturated heterocycles. The van der Waals surface area contributed by atoms with Gasteiger partial charge < -0.3 is 9.88 Å². The van der Waals surface area contributed by atoms with Gasteiger partial charge in [-0.1, -0.05) is 32.0 Å². The van der Waals surface area contributed by atoms with Crippen LogP contribution in [-0.4, -0.2) is 45.4 Å². The number of hydrogen-bond acceptors (Lipinski definition) is 5. The molecule has 0 fully saturated rings. The molecule has 0 aliphatic carbocycles. The van der Waals surface area contributed by atoms with E-state index in [0.717, 1.165) is 43.8 Å². The molecular weight excluding hydrogens is 384 g/mol. The molecule has 0 aliphatic rings. The van der Waals surface area contributed by atoms with E-state index in [1.165, 1.54) is 17.8 Å². The molecule has 1 amide bonds. The maximum Gasteiger partial charge on any atom is 0.234 e. The lowest BCUT2D eigenvalue weighted by Gasteiger charge is -2.23. The summed E-state index contributed by atoms with van der Waals surface area (Å²) < 4.78 is 28.7. The molecule has 2 rings (SSSR count). The van der Waals surface area contributed by atoms with Gasteiger partial charge in [-0.05, 0) is 39.1 Å². The standard InChI is InChI=1S/C19H27F2N5OS/c1-5-7-10-26-18(16(6-2)25(3)4)23-24-19(26)28-12-17(27)22-15-9-8-13(20)11-14(15)21/h8-9,11,16H,5-7,10,12H2,1-4H3,(H,22,27)/t16-/m0/s1. The van der Waals surface area contributed by atoms with Gasteiger partial charge in [0.05, 0.1) is 17.5 Å². The highest BCUT2D eigenvalue weighted by molar-refractivity contribution is 7.99. The van der Waals surface area contributed by atoms with E-state index in [-0.39, 0.29) is 23.4 Å². The van der Waals surface area contributed by atoms with Gasteiger partial charge in [0.2, 0.25) is 5.91 Å². The molecule has 0 aliphatic heterocycles. The molecule has 1 N–H and O–H groups in total. The minimum Gasteiger partial charge on any atom is -0.323 e. The number of thioether (sulfide) groups is 1. The molecule has 0 unspecified atom stereocenters. The van der Waals surface area contributed by atoms with E-state index in [0.29, 0.717) is 5.16 Å². The second-order valence-electron chi connectivity index (χ2n) is 6.69. The Morgan fingerprint density at radius 2 is 2.04 bits per heavy atom. The average molecular weight is 412 g/mol. The highest BCUT2D eigenvalue weighted by Crippen LogP contribution is 2.26. The first kappa shape index (κ1) is 22.3. The number of rotatable bonds is 10. The number of benzene rings is 1. The summed E-state index contributed by atoms with van der Waals surface area (Å²) in [6, 6.07) is 3.19. The molecule has 0 radical (unpaired) electrons. The summed E-state index contributed by atoms with van der Waals surface area (Å²) in [5.74, 6) is -0.939. The fourth-order valence-corrected chi connectivity index (χ4v) is 3.64. The van der Waals surface area contributed by atoms with E-state index in [9.17, 15) is 13.6 Å². The van der Waals surface area contributed by atoms with Crippen molar-refractivity contribution >= 4 is 23.4 Å². The number of aromatic nitrogens is 3. The average Bonchev–Trinajstić information content (AvgIpc) is 3.03. The predicted molar refractivity (Wildman–Crippen MR) is 107 cm³/mol. The fourth-order valence-electron chi connectivity index (χ4n) is 2.87. The molecular formula is C19H27F2N5OS. The van der Waals surface area contributed by atoms with Crippen LogP contribution in [0.3, 0.4) is 0 Å². The van der Waals surface area contributed by atoms with Gasteiger partial charge in [-0.15, -0.1) is 10.2 Å². The van der Waals surface area contributed by atoms with Crippen LogP contribution in [0.4, 0.5) is 14.5 Å². The number of hydrogen-bond donors (Lipinski definition) is 1. The number of halogens is 2. The van der Waals surface area contributed by atoms with Gasteiger partial charge in [0.1, 0.15) is 11.6 Å². The number of unbranched alkanes of at least 4 members (excludes halogenated alkanes) is 1. The Morgan fingerprint density at radius 1 is 1.29 bits per heavy atom. The molecule has 0 spiro atoms. The van der Waals surface area contributed by atoms with Crippen LogP contribution in [0.5, 0.6) is 0 Å². The molecule has 9 heteroatoms. The molecule has 1 aromatic heterocycles. The number of amides is 1. The summed E-state index contributed by atoms with van der Waals surface area (Å²) in [6.45, 7) is 4.99. The van der Waals surface area contributed by atoms with Crippen molar-refractivity contribution in [3.63, 3.8) is 0 Å². The molecule has 1 heterocycles.